The van der Waals surface area contributed by atoms with Crippen molar-refractivity contribution in [3.63, 3.8) is 0 Å². The Labute approximate surface area is 155 Å². The number of hydrogen-bond acceptors (Lipinski definition) is 3. The van der Waals surface area contributed by atoms with Gasteiger partial charge in [-0.1, -0.05) is 48.5 Å². The third kappa shape index (κ3) is 3.58. The molecule has 3 aromatic rings. The number of pyridine rings is 1. The number of rotatable bonds is 5. The number of fused-ring (bicyclic) bond motifs is 1. The van der Waals surface area contributed by atoms with Crippen molar-refractivity contribution in [3.05, 3.63) is 72.3 Å². The number of aliphatic hydroxyl groups excluding tert-OH is 1. The van der Waals surface area contributed by atoms with Gasteiger partial charge in [0.05, 0.1) is 12.1 Å². The van der Waals surface area contributed by atoms with Gasteiger partial charge in [-0.25, -0.2) is 4.98 Å². The molecule has 0 aliphatic carbocycles. The van der Waals surface area contributed by atoms with E-state index >= 15 is 0 Å². The lowest BCUT2D eigenvalue weighted by Gasteiger charge is -2.42. The van der Waals surface area contributed by atoms with Gasteiger partial charge in [0.2, 0.25) is 0 Å². The monoisotopic (exact) mass is 346 g/mol. The highest BCUT2D eigenvalue weighted by atomic mass is 16.3. The Morgan fingerprint density at radius 1 is 0.962 bits per heavy atom. The van der Waals surface area contributed by atoms with Crippen LogP contribution in [0.25, 0.3) is 10.9 Å². The fraction of sp³-hybridized carbons (Fsp3) is 0.348. The van der Waals surface area contributed by atoms with Gasteiger partial charge in [0, 0.05) is 23.9 Å². The van der Waals surface area contributed by atoms with Crippen LogP contribution in [-0.2, 0) is 6.42 Å². The first-order valence-corrected chi connectivity index (χ1v) is 9.54. The maximum Gasteiger partial charge on any atom is 0.129 e. The maximum absolute atomic E-state index is 10.2. The third-order valence-corrected chi connectivity index (χ3v) is 5.69. The lowest BCUT2D eigenvalue weighted by molar-refractivity contribution is 0.0963. The summed E-state index contributed by atoms with van der Waals surface area (Å²) in [5.74, 6) is 1.03. The van der Waals surface area contributed by atoms with Crippen molar-refractivity contribution in [1.29, 1.82) is 0 Å². The highest BCUT2D eigenvalue weighted by Gasteiger charge is 2.35. The van der Waals surface area contributed by atoms with E-state index in [1.54, 1.807) is 0 Å². The molecule has 2 aromatic carbocycles. The number of aromatic nitrogens is 1. The van der Waals surface area contributed by atoms with E-state index in [0.717, 1.165) is 50.1 Å². The van der Waals surface area contributed by atoms with E-state index in [0.29, 0.717) is 0 Å². The normalized spacial score (nSPS) is 20.4. The summed E-state index contributed by atoms with van der Waals surface area (Å²) in [5, 5.41) is 11.4. The molecular weight excluding hydrogens is 320 g/mol. The number of nitrogens with zero attached hydrogens (tertiary/aromatic N) is 2. The molecule has 1 N–H and O–H groups in total. The van der Waals surface area contributed by atoms with Crippen LogP contribution in [0.15, 0.2) is 66.7 Å². The fourth-order valence-corrected chi connectivity index (χ4v) is 4.10. The molecule has 0 amide bonds. The summed E-state index contributed by atoms with van der Waals surface area (Å²) in [4.78, 5) is 7.22. The van der Waals surface area contributed by atoms with Gasteiger partial charge in [-0.05, 0) is 49.4 Å². The number of hydrogen-bond donors (Lipinski definition) is 1. The van der Waals surface area contributed by atoms with Crippen LogP contribution in [0.3, 0.4) is 0 Å². The Bertz CT molecular complexity index is 864. The standard InChI is InChI=1S/C23H26N2O/c26-18-23(15-13-19-7-2-1-3-8-19)14-6-16-25(17-23)22-12-11-20-9-4-5-10-21(20)24-22/h1-5,7-12,26H,6,13-18H2/t23-/m1/s1. The number of aryl methyl sites for hydroxylation is 1. The first kappa shape index (κ1) is 17.0. The first-order chi connectivity index (χ1) is 12.8. The van der Waals surface area contributed by atoms with Crippen molar-refractivity contribution in [3.8, 4) is 0 Å². The average Bonchev–Trinajstić information content (AvgIpc) is 2.73. The van der Waals surface area contributed by atoms with Crippen LogP contribution < -0.4 is 4.90 Å². The molecule has 1 atom stereocenters. The summed E-state index contributed by atoms with van der Waals surface area (Å²) in [6, 6.07) is 23.1. The summed E-state index contributed by atoms with van der Waals surface area (Å²) in [6.45, 7) is 2.13. The van der Waals surface area contributed by atoms with E-state index in [1.807, 2.05) is 12.1 Å². The van der Waals surface area contributed by atoms with Crippen LogP contribution in [0.4, 0.5) is 5.82 Å². The molecule has 0 unspecified atom stereocenters. The van der Waals surface area contributed by atoms with Gasteiger partial charge in [-0.15, -0.1) is 0 Å². The SMILES string of the molecule is OC[C@@]1(CCc2ccccc2)CCCN(c2ccc3ccccc3n2)C1. The lowest BCUT2D eigenvalue weighted by Crippen LogP contribution is -2.46. The number of benzene rings is 2. The fourth-order valence-electron chi connectivity index (χ4n) is 4.10. The van der Waals surface area contributed by atoms with Gasteiger partial charge < -0.3 is 10.0 Å². The molecule has 0 bridgehead atoms. The zero-order chi connectivity index (χ0) is 17.8. The Morgan fingerprint density at radius 2 is 1.77 bits per heavy atom. The molecule has 3 nitrogen and oxygen atoms in total. The first-order valence-electron chi connectivity index (χ1n) is 9.54. The largest absolute Gasteiger partial charge is 0.396 e. The smallest absolute Gasteiger partial charge is 0.129 e. The highest BCUT2D eigenvalue weighted by Crippen LogP contribution is 2.36. The zero-order valence-corrected chi connectivity index (χ0v) is 15.1. The molecule has 0 radical (unpaired) electrons. The van der Waals surface area contributed by atoms with Gasteiger partial charge in [-0.2, -0.15) is 0 Å². The van der Waals surface area contributed by atoms with Crippen LogP contribution in [0.2, 0.25) is 0 Å². The second-order valence-corrected chi connectivity index (χ2v) is 7.53. The van der Waals surface area contributed by atoms with Crippen LogP contribution in [-0.4, -0.2) is 29.8 Å². The second kappa shape index (κ2) is 7.46. The maximum atomic E-state index is 10.2. The van der Waals surface area contributed by atoms with E-state index in [2.05, 4.69) is 59.5 Å². The van der Waals surface area contributed by atoms with E-state index in [-0.39, 0.29) is 12.0 Å². The van der Waals surface area contributed by atoms with Crippen molar-refractivity contribution in [2.24, 2.45) is 5.41 Å². The molecule has 1 aliphatic rings. The summed E-state index contributed by atoms with van der Waals surface area (Å²) in [5.41, 5.74) is 2.34. The summed E-state index contributed by atoms with van der Waals surface area (Å²) in [6.07, 6.45) is 4.21. The molecule has 2 heterocycles. The number of aliphatic hydroxyl groups is 1. The van der Waals surface area contributed by atoms with Gasteiger partial charge >= 0.3 is 0 Å². The summed E-state index contributed by atoms with van der Waals surface area (Å²) < 4.78 is 0. The molecule has 3 heteroatoms. The van der Waals surface area contributed by atoms with E-state index in [1.165, 1.54) is 10.9 Å². The van der Waals surface area contributed by atoms with Crippen molar-refractivity contribution in [2.45, 2.75) is 25.7 Å². The van der Waals surface area contributed by atoms with Crippen molar-refractivity contribution in [2.75, 3.05) is 24.6 Å². The highest BCUT2D eigenvalue weighted by molar-refractivity contribution is 5.80. The van der Waals surface area contributed by atoms with Gasteiger partial charge in [0.15, 0.2) is 0 Å². The van der Waals surface area contributed by atoms with E-state index in [4.69, 9.17) is 4.98 Å². The Kier molecular flexibility index (Phi) is 4.89. The Morgan fingerprint density at radius 3 is 2.62 bits per heavy atom. The molecule has 1 aromatic heterocycles. The second-order valence-electron chi connectivity index (χ2n) is 7.53. The van der Waals surface area contributed by atoms with Gasteiger partial charge in [-0.3, -0.25) is 0 Å². The quantitative estimate of drug-likeness (QED) is 0.742. The van der Waals surface area contributed by atoms with Gasteiger partial charge in [0.1, 0.15) is 5.82 Å². The van der Waals surface area contributed by atoms with Crippen LogP contribution in [0.5, 0.6) is 0 Å². The van der Waals surface area contributed by atoms with Crippen LogP contribution >= 0.6 is 0 Å². The predicted octanol–water partition coefficient (Wildman–Crippen LogP) is 4.45. The van der Waals surface area contributed by atoms with Crippen molar-refractivity contribution >= 4 is 16.7 Å². The number of para-hydroxylation sites is 1. The summed E-state index contributed by atoms with van der Waals surface area (Å²) >= 11 is 0. The molecule has 26 heavy (non-hydrogen) atoms. The molecule has 134 valence electrons. The molecule has 1 aliphatic heterocycles. The molecule has 0 saturated carbocycles. The Hall–Kier alpha value is -2.39. The predicted molar refractivity (Wildman–Crippen MR) is 107 cm³/mol. The summed E-state index contributed by atoms with van der Waals surface area (Å²) in [7, 11) is 0. The lowest BCUT2D eigenvalue weighted by atomic mass is 9.76. The number of anilines is 1. The minimum absolute atomic E-state index is 0.0403. The van der Waals surface area contributed by atoms with E-state index < -0.39 is 0 Å². The third-order valence-electron chi connectivity index (χ3n) is 5.69. The van der Waals surface area contributed by atoms with E-state index in [9.17, 15) is 5.11 Å². The van der Waals surface area contributed by atoms with Gasteiger partial charge in [0.25, 0.3) is 0 Å². The minimum Gasteiger partial charge on any atom is -0.396 e. The minimum atomic E-state index is -0.0403. The Balaban J connectivity index is 1.52. The molecule has 1 saturated heterocycles. The average molecular weight is 346 g/mol. The molecule has 1 fully saturated rings. The van der Waals surface area contributed by atoms with Crippen LogP contribution in [0, 0.1) is 5.41 Å². The zero-order valence-electron chi connectivity index (χ0n) is 15.1. The molecule has 4 rings (SSSR count). The molecular formula is C23H26N2O. The van der Waals surface area contributed by atoms with Crippen LogP contribution in [0.1, 0.15) is 24.8 Å². The topological polar surface area (TPSA) is 36.4 Å². The molecule has 0 spiro atoms. The number of piperidine rings is 1. The van der Waals surface area contributed by atoms with Crippen molar-refractivity contribution in [1.82, 2.24) is 4.98 Å². The van der Waals surface area contributed by atoms with Crippen molar-refractivity contribution < 1.29 is 5.11 Å².